The molecule has 144 valence electrons. The number of rotatable bonds is 5. The van der Waals surface area contributed by atoms with Crippen LogP contribution in [0.25, 0.3) is 6.08 Å². The molecule has 29 heavy (non-hydrogen) atoms. The molecular formula is C21H15FN4O2S. The Labute approximate surface area is 170 Å². The van der Waals surface area contributed by atoms with E-state index in [0.29, 0.717) is 16.5 Å². The fourth-order valence-corrected chi connectivity index (χ4v) is 3.34. The van der Waals surface area contributed by atoms with E-state index in [0.717, 1.165) is 0 Å². The number of amides is 2. The Bertz CT molecular complexity index is 1120. The number of para-hydroxylation sites is 2. The molecule has 0 saturated carbocycles. The predicted octanol–water partition coefficient (Wildman–Crippen LogP) is 4.51. The van der Waals surface area contributed by atoms with Gasteiger partial charge in [0.2, 0.25) is 5.91 Å². The molecule has 0 aliphatic heterocycles. The van der Waals surface area contributed by atoms with Gasteiger partial charge in [0, 0.05) is 12.3 Å². The van der Waals surface area contributed by atoms with E-state index >= 15 is 0 Å². The van der Waals surface area contributed by atoms with Gasteiger partial charge in [-0.15, -0.1) is 11.3 Å². The van der Waals surface area contributed by atoms with Gasteiger partial charge in [-0.3, -0.25) is 14.5 Å². The van der Waals surface area contributed by atoms with Crippen molar-refractivity contribution in [1.29, 1.82) is 5.26 Å². The second-order valence-corrected chi connectivity index (χ2v) is 6.69. The predicted molar refractivity (Wildman–Crippen MR) is 110 cm³/mol. The lowest BCUT2D eigenvalue weighted by atomic mass is 10.2. The number of nitriles is 1. The first-order valence-corrected chi connectivity index (χ1v) is 9.36. The number of hydrogen-bond acceptors (Lipinski definition) is 5. The van der Waals surface area contributed by atoms with Gasteiger partial charge < -0.3 is 5.32 Å². The van der Waals surface area contributed by atoms with E-state index in [1.54, 1.807) is 41.8 Å². The Morgan fingerprint density at radius 2 is 1.86 bits per heavy atom. The molecule has 3 aromatic rings. The Hall–Kier alpha value is -3.83. The van der Waals surface area contributed by atoms with Crippen molar-refractivity contribution in [3.63, 3.8) is 0 Å². The maximum atomic E-state index is 13.7. The number of halogens is 1. The molecule has 3 rings (SSSR count). The van der Waals surface area contributed by atoms with E-state index in [4.69, 9.17) is 0 Å². The van der Waals surface area contributed by atoms with Crippen molar-refractivity contribution in [3.8, 4) is 6.07 Å². The largest absolute Gasteiger partial charge is 0.319 e. The van der Waals surface area contributed by atoms with Crippen LogP contribution >= 0.6 is 11.3 Å². The standard InChI is InChI=1S/C21H15FN4O2S/c1-14(27)26(17-7-3-2-4-8-17)21-24-16(13-29-21)11-15(12-23)20(28)25-19-10-6-5-9-18(19)22/h2-11,13H,1H3,(H,25,28)/b15-11+. The first-order chi connectivity index (χ1) is 14.0. The maximum absolute atomic E-state index is 13.7. The van der Waals surface area contributed by atoms with Gasteiger partial charge in [0.05, 0.1) is 17.1 Å². The summed E-state index contributed by atoms with van der Waals surface area (Å²) in [6, 6.07) is 16.5. The minimum atomic E-state index is -0.751. The first kappa shape index (κ1) is 19.9. The summed E-state index contributed by atoms with van der Waals surface area (Å²) in [7, 11) is 0. The molecule has 0 saturated heterocycles. The number of anilines is 3. The van der Waals surface area contributed by atoms with Crippen LogP contribution in [0.5, 0.6) is 0 Å². The van der Waals surface area contributed by atoms with Crippen LogP contribution in [0.1, 0.15) is 12.6 Å². The number of nitrogens with zero attached hydrogens (tertiary/aromatic N) is 3. The van der Waals surface area contributed by atoms with Crippen molar-refractivity contribution < 1.29 is 14.0 Å². The molecule has 0 aliphatic rings. The molecule has 0 fully saturated rings. The highest BCUT2D eigenvalue weighted by Crippen LogP contribution is 2.29. The summed E-state index contributed by atoms with van der Waals surface area (Å²) >= 11 is 1.20. The number of carbonyl (C=O) groups excluding carboxylic acids is 2. The lowest BCUT2D eigenvalue weighted by Gasteiger charge is -2.17. The summed E-state index contributed by atoms with van der Waals surface area (Å²) in [4.78, 5) is 30.2. The molecule has 1 aromatic heterocycles. The molecule has 1 N–H and O–H groups in total. The normalized spacial score (nSPS) is 10.9. The molecule has 1 heterocycles. The van der Waals surface area contributed by atoms with Crippen molar-refractivity contribution in [2.24, 2.45) is 0 Å². The number of benzene rings is 2. The van der Waals surface area contributed by atoms with Crippen molar-refractivity contribution in [1.82, 2.24) is 4.98 Å². The highest BCUT2D eigenvalue weighted by molar-refractivity contribution is 7.14. The molecule has 0 radical (unpaired) electrons. The van der Waals surface area contributed by atoms with Crippen molar-refractivity contribution in [2.45, 2.75) is 6.92 Å². The number of carbonyl (C=O) groups is 2. The van der Waals surface area contributed by atoms with Gasteiger partial charge in [0.1, 0.15) is 17.5 Å². The third kappa shape index (κ3) is 4.72. The SMILES string of the molecule is CC(=O)N(c1ccccc1)c1nc(/C=C(\C#N)C(=O)Nc2ccccc2F)cs1. The Morgan fingerprint density at radius 3 is 2.52 bits per heavy atom. The lowest BCUT2D eigenvalue weighted by molar-refractivity contribution is -0.116. The van der Waals surface area contributed by atoms with Crippen LogP contribution in [0.4, 0.5) is 20.9 Å². The number of thiazole rings is 1. The van der Waals surface area contributed by atoms with Crippen LogP contribution in [0.3, 0.4) is 0 Å². The quantitative estimate of drug-likeness (QED) is 0.499. The van der Waals surface area contributed by atoms with E-state index in [-0.39, 0.29) is 17.2 Å². The highest BCUT2D eigenvalue weighted by atomic mass is 32.1. The summed E-state index contributed by atoms with van der Waals surface area (Å²) in [6.07, 6.45) is 1.29. The number of nitrogens with one attached hydrogen (secondary N) is 1. The van der Waals surface area contributed by atoms with Crippen LogP contribution in [0.15, 0.2) is 65.6 Å². The van der Waals surface area contributed by atoms with E-state index in [9.17, 15) is 19.2 Å². The van der Waals surface area contributed by atoms with Gasteiger partial charge in [0.15, 0.2) is 5.13 Å². The van der Waals surface area contributed by atoms with Crippen LogP contribution in [-0.2, 0) is 9.59 Å². The summed E-state index contributed by atoms with van der Waals surface area (Å²) in [5.74, 6) is -1.58. The van der Waals surface area contributed by atoms with Crippen molar-refractivity contribution in [2.75, 3.05) is 10.2 Å². The second kappa shape index (κ2) is 8.91. The second-order valence-electron chi connectivity index (χ2n) is 5.85. The molecule has 8 heteroatoms. The Kier molecular flexibility index (Phi) is 6.12. The van der Waals surface area contributed by atoms with Crippen LogP contribution in [0, 0.1) is 17.1 Å². The maximum Gasteiger partial charge on any atom is 0.266 e. The molecule has 2 aromatic carbocycles. The van der Waals surface area contributed by atoms with E-state index in [1.165, 1.54) is 47.4 Å². The lowest BCUT2D eigenvalue weighted by Crippen LogP contribution is -2.22. The molecule has 0 aliphatic carbocycles. The zero-order valence-electron chi connectivity index (χ0n) is 15.3. The van der Waals surface area contributed by atoms with Crippen molar-refractivity contribution >= 4 is 45.7 Å². The molecule has 6 nitrogen and oxygen atoms in total. The zero-order valence-corrected chi connectivity index (χ0v) is 16.1. The molecule has 2 amide bonds. The van der Waals surface area contributed by atoms with Gasteiger partial charge in [-0.2, -0.15) is 5.26 Å². The third-order valence-corrected chi connectivity index (χ3v) is 4.65. The average molecular weight is 406 g/mol. The average Bonchev–Trinajstić information content (AvgIpc) is 3.16. The summed E-state index contributed by atoms with van der Waals surface area (Å²) in [5.41, 5.74) is 0.735. The molecule has 0 bridgehead atoms. The van der Waals surface area contributed by atoms with Gasteiger partial charge in [0.25, 0.3) is 5.91 Å². The third-order valence-electron chi connectivity index (χ3n) is 3.81. The topological polar surface area (TPSA) is 86.1 Å². The first-order valence-electron chi connectivity index (χ1n) is 8.48. The molecule has 0 unspecified atom stereocenters. The fraction of sp³-hybridized carbons (Fsp3) is 0.0476. The smallest absolute Gasteiger partial charge is 0.266 e. The summed E-state index contributed by atoms with van der Waals surface area (Å²) in [5, 5.41) is 13.7. The van der Waals surface area contributed by atoms with E-state index < -0.39 is 11.7 Å². The van der Waals surface area contributed by atoms with Gasteiger partial charge in [-0.25, -0.2) is 9.37 Å². The van der Waals surface area contributed by atoms with Gasteiger partial charge in [-0.1, -0.05) is 30.3 Å². The van der Waals surface area contributed by atoms with E-state index in [1.807, 2.05) is 6.07 Å². The minimum Gasteiger partial charge on any atom is -0.319 e. The summed E-state index contributed by atoms with van der Waals surface area (Å²) < 4.78 is 13.7. The molecule has 0 spiro atoms. The number of aromatic nitrogens is 1. The minimum absolute atomic E-state index is 0.0237. The molecular weight excluding hydrogens is 391 g/mol. The molecule has 0 atom stereocenters. The van der Waals surface area contributed by atoms with Crippen LogP contribution in [-0.4, -0.2) is 16.8 Å². The highest BCUT2D eigenvalue weighted by Gasteiger charge is 2.18. The van der Waals surface area contributed by atoms with E-state index in [2.05, 4.69) is 10.3 Å². The zero-order chi connectivity index (χ0) is 20.8. The Morgan fingerprint density at radius 1 is 1.17 bits per heavy atom. The van der Waals surface area contributed by atoms with Gasteiger partial charge in [-0.05, 0) is 30.3 Å². The summed E-state index contributed by atoms with van der Waals surface area (Å²) in [6.45, 7) is 1.42. The van der Waals surface area contributed by atoms with Crippen LogP contribution in [0.2, 0.25) is 0 Å². The number of hydrogen-bond donors (Lipinski definition) is 1. The van der Waals surface area contributed by atoms with Crippen LogP contribution < -0.4 is 10.2 Å². The Balaban J connectivity index is 1.85. The fourth-order valence-electron chi connectivity index (χ4n) is 2.50. The van der Waals surface area contributed by atoms with Gasteiger partial charge >= 0.3 is 0 Å². The monoisotopic (exact) mass is 406 g/mol. The van der Waals surface area contributed by atoms with Crippen molar-refractivity contribution in [3.05, 3.63) is 77.1 Å².